The standard InChI is InChI=1S/C14H23N3/c1-15-14-5-3-4-12(10-14)11-16-13-6-8-17(2)9-7-13/h3-5,10,13,15-16H,6-9,11H2,1-2H3. The summed E-state index contributed by atoms with van der Waals surface area (Å²) in [7, 11) is 4.16. The highest BCUT2D eigenvalue weighted by atomic mass is 15.1. The third-order valence-corrected chi connectivity index (χ3v) is 3.53. The Balaban J connectivity index is 1.81. The lowest BCUT2D eigenvalue weighted by Crippen LogP contribution is -2.40. The predicted molar refractivity (Wildman–Crippen MR) is 73.3 cm³/mol. The number of hydrogen-bond donors (Lipinski definition) is 2. The fourth-order valence-corrected chi connectivity index (χ4v) is 2.31. The van der Waals surface area contributed by atoms with E-state index in [0.29, 0.717) is 6.04 Å². The molecule has 0 bridgehead atoms. The van der Waals surface area contributed by atoms with Crippen LogP contribution in [0.3, 0.4) is 0 Å². The molecule has 0 radical (unpaired) electrons. The van der Waals surface area contributed by atoms with Crippen LogP contribution in [0.1, 0.15) is 18.4 Å². The molecule has 1 aliphatic heterocycles. The summed E-state index contributed by atoms with van der Waals surface area (Å²) in [5.41, 5.74) is 2.54. The van der Waals surface area contributed by atoms with Crippen molar-refractivity contribution in [2.45, 2.75) is 25.4 Å². The SMILES string of the molecule is CNc1cccc(CNC2CCN(C)CC2)c1. The van der Waals surface area contributed by atoms with Gasteiger partial charge in [-0.25, -0.2) is 0 Å². The van der Waals surface area contributed by atoms with Gasteiger partial charge >= 0.3 is 0 Å². The lowest BCUT2D eigenvalue weighted by atomic mass is 10.1. The Labute approximate surface area is 104 Å². The molecule has 0 saturated carbocycles. The molecule has 0 amide bonds. The van der Waals surface area contributed by atoms with Crippen molar-refractivity contribution in [3.05, 3.63) is 29.8 Å². The van der Waals surface area contributed by atoms with E-state index in [0.717, 1.165) is 6.54 Å². The van der Waals surface area contributed by atoms with Gasteiger partial charge in [-0.3, -0.25) is 0 Å². The molecule has 3 nitrogen and oxygen atoms in total. The van der Waals surface area contributed by atoms with Crippen LogP contribution in [0.15, 0.2) is 24.3 Å². The van der Waals surface area contributed by atoms with E-state index in [1.54, 1.807) is 0 Å². The number of nitrogens with one attached hydrogen (secondary N) is 2. The normalized spacial score (nSPS) is 18.2. The highest BCUT2D eigenvalue weighted by Crippen LogP contribution is 2.12. The van der Waals surface area contributed by atoms with Crippen molar-refractivity contribution in [3.8, 4) is 0 Å². The van der Waals surface area contributed by atoms with Gasteiger partial charge in [0.1, 0.15) is 0 Å². The number of hydrogen-bond acceptors (Lipinski definition) is 3. The van der Waals surface area contributed by atoms with Crippen molar-refractivity contribution < 1.29 is 0 Å². The molecule has 1 fully saturated rings. The number of nitrogens with zero attached hydrogens (tertiary/aromatic N) is 1. The van der Waals surface area contributed by atoms with Crippen LogP contribution in [0.4, 0.5) is 5.69 Å². The van der Waals surface area contributed by atoms with Gasteiger partial charge < -0.3 is 15.5 Å². The fourth-order valence-electron chi connectivity index (χ4n) is 2.31. The summed E-state index contributed by atoms with van der Waals surface area (Å²) in [4.78, 5) is 2.40. The van der Waals surface area contributed by atoms with Crippen molar-refractivity contribution >= 4 is 5.69 Å². The van der Waals surface area contributed by atoms with Gasteiger partial charge in [0.2, 0.25) is 0 Å². The maximum atomic E-state index is 3.66. The monoisotopic (exact) mass is 233 g/mol. The van der Waals surface area contributed by atoms with Gasteiger partial charge in [0, 0.05) is 25.3 Å². The van der Waals surface area contributed by atoms with Crippen LogP contribution in [-0.2, 0) is 6.54 Å². The second-order valence-electron chi connectivity index (χ2n) is 4.91. The number of benzene rings is 1. The number of piperidine rings is 1. The lowest BCUT2D eigenvalue weighted by Gasteiger charge is -2.29. The summed E-state index contributed by atoms with van der Waals surface area (Å²) in [5.74, 6) is 0. The minimum Gasteiger partial charge on any atom is -0.388 e. The van der Waals surface area contributed by atoms with E-state index in [1.807, 2.05) is 7.05 Å². The van der Waals surface area contributed by atoms with E-state index in [4.69, 9.17) is 0 Å². The fraction of sp³-hybridized carbons (Fsp3) is 0.571. The molecule has 0 aromatic heterocycles. The molecule has 0 aliphatic carbocycles. The highest BCUT2D eigenvalue weighted by Gasteiger charge is 2.15. The summed E-state index contributed by atoms with van der Waals surface area (Å²) in [6.45, 7) is 3.41. The van der Waals surface area contributed by atoms with Crippen molar-refractivity contribution in [2.24, 2.45) is 0 Å². The van der Waals surface area contributed by atoms with Gasteiger partial charge in [0.15, 0.2) is 0 Å². The molecule has 1 aromatic rings. The third kappa shape index (κ3) is 3.72. The summed E-state index contributed by atoms with van der Waals surface area (Å²) in [6, 6.07) is 9.28. The van der Waals surface area contributed by atoms with Gasteiger partial charge in [-0.2, -0.15) is 0 Å². The predicted octanol–water partition coefficient (Wildman–Crippen LogP) is 1.91. The average Bonchev–Trinajstić information content (AvgIpc) is 2.38. The second kappa shape index (κ2) is 6.03. The zero-order valence-corrected chi connectivity index (χ0v) is 10.9. The van der Waals surface area contributed by atoms with E-state index >= 15 is 0 Å². The molecule has 0 unspecified atom stereocenters. The third-order valence-electron chi connectivity index (χ3n) is 3.53. The van der Waals surface area contributed by atoms with Crippen LogP contribution in [0.25, 0.3) is 0 Å². The van der Waals surface area contributed by atoms with Gasteiger partial charge in [0.25, 0.3) is 0 Å². The Morgan fingerprint density at radius 1 is 1.29 bits per heavy atom. The minimum atomic E-state index is 0.685. The maximum Gasteiger partial charge on any atom is 0.0340 e. The summed E-state index contributed by atoms with van der Waals surface area (Å²) in [6.07, 6.45) is 2.53. The largest absolute Gasteiger partial charge is 0.388 e. The molecule has 94 valence electrons. The first-order chi connectivity index (χ1) is 8.28. The van der Waals surface area contributed by atoms with Crippen LogP contribution < -0.4 is 10.6 Å². The van der Waals surface area contributed by atoms with E-state index in [2.05, 4.69) is 46.8 Å². The number of rotatable bonds is 4. The van der Waals surface area contributed by atoms with Crippen LogP contribution in [0, 0.1) is 0 Å². The molecule has 0 atom stereocenters. The quantitative estimate of drug-likeness (QED) is 0.832. The highest BCUT2D eigenvalue weighted by molar-refractivity contribution is 5.44. The zero-order chi connectivity index (χ0) is 12.1. The molecular weight excluding hydrogens is 210 g/mol. The molecule has 1 aliphatic rings. The molecule has 17 heavy (non-hydrogen) atoms. The molecule has 0 spiro atoms. The smallest absolute Gasteiger partial charge is 0.0340 e. The molecule has 1 aromatic carbocycles. The Hall–Kier alpha value is -1.06. The first-order valence-corrected chi connectivity index (χ1v) is 6.46. The molecule has 2 N–H and O–H groups in total. The van der Waals surface area contributed by atoms with E-state index < -0.39 is 0 Å². The van der Waals surface area contributed by atoms with Crippen LogP contribution in [0.5, 0.6) is 0 Å². The Bertz CT molecular complexity index is 343. The van der Waals surface area contributed by atoms with Gasteiger partial charge in [0.05, 0.1) is 0 Å². The van der Waals surface area contributed by atoms with E-state index in [9.17, 15) is 0 Å². The molecular formula is C14H23N3. The maximum absolute atomic E-state index is 3.66. The lowest BCUT2D eigenvalue weighted by molar-refractivity contribution is 0.234. The first-order valence-electron chi connectivity index (χ1n) is 6.46. The van der Waals surface area contributed by atoms with Crippen LogP contribution >= 0.6 is 0 Å². The van der Waals surface area contributed by atoms with Crippen molar-refractivity contribution in [2.75, 3.05) is 32.5 Å². The summed E-state index contributed by atoms with van der Waals surface area (Å²) < 4.78 is 0. The Kier molecular flexibility index (Phi) is 4.40. The van der Waals surface area contributed by atoms with Gasteiger partial charge in [-0.15, -0.1) is 0 Å². The molecule has 1 heterocycles. The van der Waals surface area contributed by atoms with Gasteiger partial charge in [-0.05, 0) is 50.7 Å². The molecule has 2 rings (SSSR count). The molecule has 1 saturated heterocycles. The van der Waals surface area contributed by atoms with E-state index in [1.165, 1.54) is 37.2 Å². The summed E-state index contributed by atoms with van der Waals surface area (Å²) in [5, 5.41) is 6.83. The number of anilines is 1. The van der Waals surface area contributed by atoms with E-state index in [-0.39, 0.29) is 0 Å². The van der Waals surface area contributed by atoms with Crippen molar-refractivity contribution in [3.63, 3.8) is 0 Å². The van der Waals surface area contributed by atoms with Gasteiger partial charge in [-0.1, -0.05) is 12.1 Å². The van der Waals surface area contributed by atoms with Crippen LogP contribution in [0.2, 0.25) is 0 Å². The topological polar surface area (TPSA) is 27.3 Å². The minimum absolute atomic E-state index is 0.685. The van der Waals surface area contributed by atoms with Crippen molar-refractivity contribution in [1.29, 1.82) is 0 Å². The zero-order valence-electron chi connectivity index (χ0n) is 10.9. The Morgan fingerprint density at radius 3 is 2.76 bits per heavy atom. The Morgan fingerprint density at radius 2 is 2.06 bits per heavy atom. The molecule has 3 heteroatoms. The second-order valence-corrected chi connectivity index (χ2v) is 4.91. The summed E-state index contributed by atoms with van der Waals surface area (Å²) >= 11 is 0. The average molecular weight is 233 g/mol. The van der Waals surface area contributed by atoms with Crippen LogP contribution in [-0.4, -0.2) is 38.1 Å². The first kappa shape index (κ1) is 12.4. The number of likely N-dealkylation sites (tertiary alicyclic amines) is 1. The van der Waals surface area contributed by atoms with Crippen molar-refractivity contribution in [1.82, 2.24) is 10.2 Å².